The van der Waals surface area contributed by atoms with Gasteiger partial charge in [-0.2, -0.15) is 0 Å². The minimum atomic E-state index is -0.725. The molecule has 2 amide bonds. The highest BCUT2D eigenvalue weighted by molar-refractivity contribution is 8.00. The smallest absolute Gasteiger partial charge is 0.355 e. The summed E-state index contributed by atoms with van der Waals surface area (Å²) < 4.78 is 10.8. The summed E-state index contributed by atoms with van der Waals surface area (Å²) in [5, 5.41) is 2.79. The maximum atomic E-state index is 13.4. The van der Waals surface area contributed by atoms with Crippen LogP contribution in [0.25, 0.3) is 6.08 Å². The van der Waals surface area contributed by atoms with E-state index in [2.05, 4.69) is 10.3 Å². The molecular weight excluding hydrogens is 558 g/mol. The Morgan fingerprint density at radius 2 is 1.90 bits per heavy atom. The number of benzene rings is 2. The average Bonchev–Trinajstić information content (AvgIpc) is 3.38. The van der Waals surface area contributed by atoms with E-state index in [0.717, 1.165) is 16.0 Å². The molecule has 8 nitrogen and oxygen atoms in total. The van der Waals surface area contributed by atoms with E-state index in [1.807, 2.05) is 30.3 Å². The molecular formula is C28H24ClN3O5S2. The molecule has 11 heteroatoms. The number of ether oxygens (including phenoxy) is 2. The van der Waals surface area contributed by atoms with Gasteiger partial charge in [0.15, 0.2) is 0 Å². The monoisotopic (exact) mass is 581 g/mol. The number of aromatic nitrogens is 1. The highest BCUT2D eigenvalue weighted by Crippen LogP contribution is 2.41. The Morgan fingerprint density at radius 1 is 1.13 bits per heavy atom. The SMILES string of the molecule is COc1ccc(COC(=O)C2=C(C=Cc3scnc3Cl)CS[C@H]3C(NC(=O)Cc4ccccc4)C(=O)N23)cc1. The lowest BCUT2D eigenvalue weighted by atomic mass is 10.0. The topological polar surface area (TPSA) is 97.8 Å². The summed E-state index contributed by atoms with van der Waals surface area (Å²) in [6.45, 7) is 0.0288. The number of thioether (sulfide) groups is 1. The molecule has 1 unspecified atom stereocenters. The first-order valence-corrected chi connectivity index (χ1v) is 14.3. The Bertz CT molecular complexity index is 1440. The number of carbonyl (C=O) groups is 3. The molecule has 0 radical (unpaired) electrons. The van der Waals surface area contributed by atoms with Crippen LogP contribution in [0.2, 0.25) is 5.15 Å². The Balaban J connectivity index is 1.34. The van der Waals surface area contributed by atoms with Crippen molar-refractivity contribution in [3.05, 3.63) is 98.6 Å². The third-order valence-corrected chi connectivity index (χ3v) is 8.74. The summed E-state index contributed by atoms with van der Waals surface area (Å²) in [4.78, 5) is 45.5. The number of methoxy groups -OCH3 is 1. The van der Waals surface area contributed by atoms with Crippen molar-refractivity contribution in [2.75, 3.05) is 12.9 Å². The van der Waals surface area contributed by atoms with E-state index < -0.39 is 17.4 Å². The van der Waals surface area contributed by atoms with E-state index in [9.17, 15) is 14.4 Å². The van der Waals surface area contributed by atoms with Crippen molar-refractivity contribution in [2.24, 2.45) is 0 Å². The van der Waals surface area contributed by atoms with E-state index in [0.29, 0.717) is 22.2 Å². The van der Waals surface area contributed by atoms with Crippen molar-refractivity contribution in [3.8, 4) is 5.75 Å². The number of allylic oxidation sites excluding steroid dienone is 1. The van der Waals surface area contributed by atoms with Gasteiger partial charge in [-0.15, -0.1) is 23.1 Å². The lowest BCUT2D eigenvalue weighted by Crippen LogP contribution is -2.70. The van der Waals surface area contributed by atoms with Gasteiger partial charge in [-0.25, -0.2) is 9.78 Å². The number of β-lactam (4-membered cyclic amide) rings is 1. The molecule has 200 valence electrons. The standard InChI is InChI=1S/C28H24ClN3O5S2/c1-36-20-10-7-18(8-11-20)14-37-28(35)24-19(9-12-21-25(29)30-16-39-21)15-38-27-23(26(34)32(24)27)31-22(33)13-17-5-3-2-4-6-17/h2-12,16,23,27H,13-15H2,1H3,(H,31,33)/t23?,27-/m0/s1. The Hall–Kier alpha value is -3.60. The van der Waals surface area contributed by atoms with E-state index in [1.54, 1.807) is 49.0 Å². The fourth-order valence-corrected chi connectivity index (χ4v) is 6.42. The number of nitrogens with zero attached hydrogens (tertiary/aromatic N) is 2. The van der Waals surface area contributed by atoms with Gasteiger partial charge in [0.2, 0.25) is 5.91 Å². The molecule has 0 spiro atoms. The van der Waals surface area contributed by atoms with Crippen LogP contribution in [0.1, 0.15) is 16.0 Å². The molecule has 5 rings (SSSR count). The van der Waals surface area contributed by atoms with Crippen molar-refractivity contribution < 1.29 is 23.9 Å². The molecule has 39 heavy (non-hydrogen) atoms. The molecule has 3 aromatic rings. The summed E-state index contributed by atoms with van der Waals surface area (Å²) in [7, 11) is 1.58. The van der Waals surface area contributed by atoms with Gasteiger partial charge in [-0.3, -0.25) is 14.5 Å². The lowest BCUT2D eigenvalue weighted by Gasteiger charge is -2.49. The third kappa shape index (κ3) is 6.03. The van der Waals surface area contributed by atoms with E-state index >= 15 is 0 Å². The highest BCUT2D eigenvalue weighted by Gasteiger charge is 2.54. The van der Waals surface area contributed by atoms with Crippen molar-refractivity contribution in [1.82, 2.24) is 15.2 Å². The van der Waals surface area contributed by atoms with Gasteiger partial charge in [-0.05, 0) is 34.9 Å². The normalized spacial score (nSPS) is 18.5. The van der Waals surface area contributed by atoms with Crippen LogP contribution in [0.3, 0.4) is 0 Å². The molecule has 0 saturated carbocycles. The van der Waals surface area contributed by atoms with Gasteiger partial charge >= 0.3 is 5.97 Å². The second-order valence-electron chi connectivity index (χ2n) is 8.76. The molecule has 2 aliphatic heterocycles. The van der Waals surface area contributed by atoms with Crippen LogP contribution in [-0.2, 0) is 32.1 Å². The van der Waals surface area contributed by atoms with E-state index in [1.165, 1.54) is 28.0 Å². The summed E-state index contributed by atoms with van der Waals surface area (Å²) in [6.07, 6.45) is 3.70. The number of thiazole rings is 1. The Labute approximate surface area is 238 Å². The first kappa shape index (κ1) is 27.0. The maximum Gasteiger partial charge on any atom is 0.355 e. The molecule has 1 N–H and O–H groups in total. The number of esters is 1. The lowest BCUT2D eigenvalue weighted by molar-refractivity contribution is -0.153. The summed E-state index contributed by atoms with van der Waals surface area (Å²) in [5.74, 6) is -0.0850. The molecule has 1 saturated heterocycles. The molecule has 1 fully saturated rings. The first-order chi connectivity index (χ1) is 18.9. The van der Waals surface area contributed by atoms with Crippen molar-refractivity contribution in [2.45, 2.75) is 24.4 Å². The second kappa shape index (κ2) is 12.1. The number of hydrogen-bond donors (Lipinski definition) is 1. The number of carbonyl (C=O) groups excluding carboxylic acids is 3. The number of rotatable bonds is 9. The van der Waals surface area contributed by atoms with Crippen LogP contribution in [0.4, 0.5) is 0 Å². The predicted octanol–water partition coefficient (Wildman–Crippen LogP) is 4.46. The van der Waals surface area contributed by atoms with E-state index in [4.69, 9.17) is 21.1 Å². The summed E-state index contributed by atoms with van der Waals surface area (Å²) in [6, 6.07) is 15.8. The van der Waals surface area contributed by atoms with Gasteiger partial charge in [0.1, 0.15) is 34.6 Å². The zero-order valence-corrected chi connectivity index (χ0v) is 23.2. The zero-order valence-electron chi connectivity index (χ0n) is 20.8. The second-order valence-corrected chi connectivity index (χ2v) is 11.1. The zero-order chi connectivity index (χ0) is 27.4. The highest BCUT2D eigenvalue weighted by atomic mass is 35.5. The molecule has 0 bridgehead atoms. The van der Waals surface area contributed by atoms with Crippen LogP contribution < -0.4 is 10.1 Å². The minimum Gasteiger partial charge on any atom is -0.497 e. The van der Waals surface area contributed by atoms with Crippen LogP contribution in [0.15, 0.2) is 77.5 Å². The first-order valence-electron chi connectivity index (χ1n) is 12.0. The molecule has 1 aromatic heterocycles. The Morgan fingerprint density at radius 3 is 2.59 bits per heavy atom. The summed E-state index contributed by atoms with van der Waals surface area (Å²) >= 11 is 8.97. The number of fused-ring (bicyclic) bond motifs is 1. The van der Waals surface area contributed by atoms with Gasteiger partial charge < -0.3 is 14.8 Å². The quantitative estimate of drug-likeness (QED) is 0.294. The fourth-order valence-electron chi connectivity index (χ4n) is 4.23. The number of hydrogen-bond acceptors (Lipinski definition) is 8. The van der Waals surface area contributed by atoms with Crippen molar-refractivity contribution in [3.63, 3.8) is 0 Å². The molecule has 0 aliphatic carbocycles. The molecule has 2 aliphatic rings. The van der Waals surface area contributed by atoms with Gasteiger partial charge in [0, 0.05) is 5.75 Å². The summed E-state index contributed by atoms with van der Waals surface area (Å²) in [5.41, 5.74) is 4.06. The Kier molecular flexibility index (Phi) is 8.35. The van der Waals surface area contributed by atoms with Gasteiger partial charge in [0.05, 0.1) is 23.9 Å². The predicted molar refractivity (Wildman–Crippen MR) is 151 cm³/mol. The van der Waals surface area contributed by atoms with Crippen LogP contribution in [-0.4, -0.2) is 51.9 Å². The largest absolute Gasteiger partial charge is 0.497 e. The molecule has 3 heterocycles. The van der Waals surface area contributed by atoms with Gasteiger partial charge in [0.25, 0.3) is 5.91 Å². The van der Waals surface area contributed by atoms with Crippen molar-refractivity contribution >= 4 is 58.6 Å². The van der Waals surface area contributed by atoms with E-state index in [-0.39, 0.29) is 30.5 Å². The number of halogens is 1. The number of nitrogens with one attached hydrogen (secondary N) is 1. The van der Waals surface area contributed by atoms with Crippen LogP contribution in [0, 0.1) is 0 Å². The van der Waals surface area contributed by atoms with Gasteiger partial charge in [-0.1, -0.05) is 60.1 Å². The third-order valence-electron chi connectivity index (χ3n) is 6.23. The van der Waals surface area contributed by atoms with Crippen molar-refractivity contribution in [1.29, 1.82) is 0 Å². The van der Waals surface area contributed by atoms with Crippen LogP contribution in [0.5, 0.6) is 5.75 Å². The molecule has 2 atom stereocenters. The minimum absolute atomic E-state index is 0.0288. The fraction of sp³-hybridized carbons (Fsp3) is 0.214. The maximum absolute atomic E-state index is 13.4. The number of amides is 2. The molecule has 2 aromatic carbocycles. The van der Waals surface area contributed by atoms with Crippen LogP contribution >= 0.6 is 34.7 Å². The average molecular weight is 582 g/mol.